The molecule has 0 unspecified atom stereocenters. The number of aliphatic carboxylic acids is 1. The number of rotatable bonds is 9. The van der Waals surface area contributed by atoms with Gasteiger partial charge in [0.15, 0.2) is 0 Å². The zero-order valence-corrected chi connectivity index (χ0v) is 8.65. The molecule has 0 aromatic carbocycles. The molecule has 1 N–H and O–H groups in total. The van der Waals surface area contributed by atoms with E-state index in [-0.39, 0.29) is 19.6 Å². The number of carbonyl (C=O) groups is 1. The average Bonchev–Trinajstić information content (AvgIpc) is 2.22. The number of hydrogen-bond donors (Lipinski definition) is 1. The molecule has 0 saturated carbocycles. The van der Waals surface area contributed by atoms with Crippen LogP contribution in [0.2, 0.25) is 0 Å². The van der Waals surface area contributed by atoms with Gasteiger partial charge in [0, 0.05) is 6.42 Å². The smallest absolute Gasteiger partial charge is 0.364 e. The fourth-order valence-corrected chi connectivity index (χ4v) is 0.947. The number of carboxylic acids is 1. The van der Waals surface area contributed by atoms with E-state index in [9.17, 15) is 4.79 Å². The predicted octanol–water partition coefficient (Wildman–Crippen LogP) is 1.75. The Morgan fingerprint density at radius 2 is 1.60 bits per heavy atom. The highest BCUT2D eigenvalue weighted by Crippen LogP contribution is 2.19. The van der Waals surface area contributed by atoms with Crippen LogP contribution in [-0.2, 0) is 14.3 Å². The Morgan fingerprint density at radius 1 is 1.13 bits per heavy atom. The second kappa shape index (κ2) is 6.98. The van der Waals surface area contributed by atoms with Crippen molar-refractivity contribution < 1.29 is 19.4 Å². The summed E-state index contributed by atoms with van der Waals surface area (Å²) in [6, 6.07) is 0. The lowest BCUT2D eigenvalue weighted by atomic mass is 10.2. The average molecular weight is 212 g/mol. The first-order chi connectivity index (χ1) is 7.13. The lowest BCUT2D eigenvalue weighted by Gasteiger charge is -2.27. The van der Waals surface area contributed by atoms with Gasteiger partial charge in [0.2, 0.25) is 0 Å². The van der Waals surface area contributed by atoms with E-state index >= 15 is 0 Å². The highest BCUT2D eigenvalue weighted by Gasteiger charge is 2.39. The molecule has 0 amide bonds. The van der Waals surface area contributed by atoms with E-state index in [1.165, 1.54) is 18.2 Å². The molecule has 0 aromatic heterocycles. The van der Waals surface area contributed by atoms with E-state index in [0.29, 0.717) is 0 Å². The van der Waals surface area contributed by atoms with Gasteiger partial charge in [-0.3, -0.25) is 0 Å². The Kier molecular flexibility index (Phi) is 6.33. The molecule has 0 heterocycles. The van der Waals surface area contributed by atoms with Crippen LogP contribution in [-0.4, -0.2) is 30.1 Å². The van der Waals surface area contributed by atoms with Crippen molar-refractivity contribution in [2.45, 2.75) is 12.2 Å². The molecule has 84 valence electrons. The molecule has 0 saturated heterocycles. The van der Waals surface area contributed by atoms with Crippen LogP contribution in [0.3, 0.4) is 0 Å². The Labute approximate surface area is 89.5 Å². The second-order valence-corrected chi connectivity index (χ2v) is 2.75. The molecule has 0 bridgehead atoms. The summed E-state index contributed by atoms with van der Waals surface area (Å²) in [5.41, 5.74) is 0. The summed E-state index contributed by atoms with van der Waals surface area (Å²) in [4.78, 5) is 11.1. The van der Waals surface area contributed by atoms with E-state index in [1.54, 1.807) is 0 Å². The lowest BCUT2D eigenvalue weighted by Crippen LogP contribution is -2.44. The topological polar surface area (TPSA) is 55.8 Å². The maximum absolute atomic E-state index is 11.1. The van der Waals surface area contributed by atoms with Gasteiger partial charge in [-0.2, -0.15) is 0 Å². The molecule has 0 aliphatic rings. The zero-order chi connectivity index (χ0) is 11.7. The quantitative estimate of drug-likeness (QED) is 0.467. The van der Waals surface area contributed by atoms with Crippen molar-refractivity contribution in [1.82, 2.24) is 0 Å². The maximum Gasteiger partial charge on any atom is 0.364 e. The molecule has 4 nitrogen and oxygen atoms in total. The maximum atomic E-state index is 11.1. The third kappa shape index (κ3) is 4.10. The van der Waals surface area contributed by atoms with Gasteiger partial charge in [-0.15, -0.1) is 19.7 Å². The third-order valence-corrected chi connectivity index (χ3v) is 1.61. The molecule has 4 heteroatoms. The molecule has 0 aromatic rings. The summed E-state index contributed by atoms with van der Waals surface area (Å²) in [7, 11) is 0. The summed E-state index contributed by atoms with van der Waals surface area (Å²) < 4.78 is 10.2. The first kappa shape index (κ1) is 13.6. The molecule has 0 atom stereocenters. The zero-order valence-electron chi connectivity index (χ0n) is 8.65. The third-order valence-electron chi connectivity index (χ3n) is 1.61. The van der Waals surface area contributed by atoms with Crippen LogP contribution in [0.15, 0.2) is 38.0 Å². The van der Waals surface area contributed by atoms with Crippen molar-refractivity contribution in [3.63, 3.8) is 0 Å². The van der Waals surface area contributed by atoms with Gasteiger partial charge >= 0.3 is 5.97 Å². The van der Waals surface area contributed by atoms with Crippen molar-refractivity contribution in [3.05, 3.63) is 38.0 Å². The molecule has 0 radical (unpaired) electrons. The summed E-state index contributed by atoms with van der Waals surface area (Å²) in [6.45, 7) is 10.5. The number of ether oxygens (including phenoxy) is 2. The second-order valence-electron chi connectivity index (χ2n) is 2.75. The largest absolute Gasteiger partial charge is 0.477 e. The van der Waals surface area contributed by atoms with Crippen LogP contribution in [0.5, 0.6) is 0 Å². The Morgan fingerprint density at radius 3 is 1.87 bits per heavy atom. The number of carboxylic acid groups (broad SMARTS) is 1. The monoisotopic (exact) mass is 212 g/mol. The Balaban J connectivity index is 4.69. The highest BCUT2D eigenvalue weighted by molar-refractivity contribution is 5.76. The van der Waals surface area contributed by atoms with Crippen LogP contribution in [0, 0.1) is 0 Å². The van der Waals surface area contributed by atoms with Crippen molar-refractivity contribution in [3.8, 4) is 0 Å². The summed E-state index contributed by atoms with van der Waals surface area (Å²) in [5.74, 6) is -2.88. The van der Waals surface area contributed by atoms with E-state index in [2.05, 4.69) is 19.7 Å². The Bertz CT molecular complexity index is 233. The van der Waals surface area contributed by atoms with E-state index in [4.69, 9.17) is 14.6 Å². The van der Waals surface area contributed by atoms with E-state index in [1.807, 2.05) is 0 Å². The fraction of sp³-hybridized carbons (Fsp3) is 0.364. The standard InChI is InChI=1S/C11H16O4/c1-4-7-11(10(12)13,14-8-5-2)15-9-6-3/h4-6H,1-3,7-9H2,(H,12,13). The van der Waals surface area contributed by atoms with Gasteiger partial charge in [0.1, 0.15) is 0 Å². The molecule has 0 fully saturated rings. The van der Waals surface area contributed by atoms with E-state index < -0.39 is 11.8 Å². The van der Waals surface area contributed by atoms with Crippen LogP contribution < -0.4 is 0 Å². The summed E-state index contributed by atoms with van der Waals surface area (Å²) >= 11 is 0. The number of hydrogen-bond acceptors (Lipinski definition) is 3. The molecule has 0 spiro atoms. The molecule has 0 aliphatic heterocycles. The van der Waals surface area contributed by atoms with E-state index in [0.717, 1.165) is 0 Å². The van der Waals surface area contributed by atoms with Crippen molar-refractivity contribution in [1.29, 1.82) is 0 Å². The van der Waals surface area contributed by atoms with Crippen molar-refractivity contribution in [2.24, 2.45) is 0 Å². The van der Waals surface area contributed by atoms with Gasteiger partial charge < -0.3 is 14.6 Å². The van der Waals surface area contributed by atoms with Gasteiger partial charge in [-0.05, 0) is 0 Å². The van der Waals surface area contributed by atoms with Gasteiger partial charge in [-0.25, -0.2) is 4.79 Å². The van der Waals surface area contributed by atoms with Crippen LogP contribution >= 0.6 is 0 Å². The molecular formula is C11H16O4. The first-order valence-corrected chi connectivity index (χ1v) is 4.47. The van der Waals surface area contributed by atoms with Crippen LogP contribution in [0.25, 0.3) is 0 Å². The normalized spacial score (nSPS) is 10.7. The van der Waals surface area contributed by atoms with Crippen molar-refractivity contribution >= 4 is 5.97 Å². The fourth-order valence-electron chi connectivity index (χ4n) is 0.947. The minimum absolute atomic E-state index is 0.0595. The lowest BCUT2D eigenvalue weighted by molar-refractivity contribution is -0.235. The van der Waals surface area contributed by atoms with Crippen LogP contribution in [0.1, 0.15) is 6.42 Å². The Hall–Kier alpha value is -1.39. The van der Waals surface area contributed by atoms with Gasteiger partial charge in [0.25, 0.3) is 5.79 Å². The van der Waals surface area contributed by atoms with Crippen molar-refractivity contribution in [2.75, 3.05) is 13.2 Å². The van der Waals surface area contributed by atoms with Gasteiger partial charge in [-0.1, -0.05) is 18.2 Å². The van der Waals surface area contributed by atoms with Gasteiger partial charge in [0.05, 0.1) is 13.2 Å². The predicted molar refractivity (Wildman–Crippen MR) is 57.5 cm³/mol. The minimum Gasteiger partial charge on any atom is -0.477 e. The SMILES string of the molecule is C=CCOC(CC=C)(OCC=C)C(=O)O. The molecule has 0 rings (SSSR count). The molecule has 0 aliphatic carbocycles. The first-order valence-electron chi connectivity index (χ1n) is 4.47. The highest BCUT2D eigenvalue weighted by atomic mass is 16.7. The van der Waals surface area contributed by atoms with Crippen LogP contribution in [0.4, 0.5) is 0 Å². The summed E-state index contributed by atoms with van der Waals surface area (Å²) in [6.07, 6.45) is 4.40. The summed E-state index contributed by atoms with van der Waals surface area (Å²) in [5, 5.41) is 9.04. The minimum atomic E-state index is -1.69. The molecule has 15 heavy (non-hydrogen) atoms. The molecular weight excluding hydrogens is 196 g/mol.